The van der Waals surface area contributed by atoms with Crippen LogP contribution in [0.3, 0.4) is 0 Å². The standard InChI is InChI=1S/C12H16N4O/c13-10-3-1-4-11(14-10)16-8-9(7-12(16)17)15-5-2-6-15/h1,3-4,9H,2,5-8H2,(H2,13,14). The van der Waals surface area contributed by atoms with Gasteiger partial charge in [-0.1, -0.05) is 6.07 Å². The van der Waals surface area contributed by atoms with Crippen molar-refractivity contribution in [2.75, 3.05) is 30.3 Å². The van der Waals surface area contributed by atoms with Crippen molar-refractivity contribution in [2.24, 2.45) is 0 Å². The van der Waals surface area contributed by atoms with Gasteiger partial charge in [-0.15, -0.1) is 0 Å². The van der Waals surface area contributed by atoms with E-state index in [1.807, 2.05) is 12.1 Å². The van der Waals surface area contributed by atoms with Gasteiger partial charge in [-0.3, -0.25) is 14.6 Å². The number of anilines is 2. The molecule has 1 unspecified atom stereocenters. The van der Waals surface area contributed by atoms with Crippen LogP contribution >= 0.6 is 0 Å². The fourth-order valence-electron chi connectivity index (χ4n) is 2.45. The number of nitrogen functional groups attached to an aromatic ring is 1. The Balaban J connectivity index is 1.77. The zero-order valence-corrected chi connectivity index (χ0v) is 9.67. The number of hydrogen-bond donors (Lipinski definition) is 1. The maximum absolute atomic E-state index is 12.0. The van der Waals surface area contributed by atoms with Crippen molar-refractivity contribution in [3.8, 4) is 0 Å². The fraction of sp³-hybridized carbons (Fsp3) is 0.500. The second kappa shape index (κ2) is 4.00. The third kappa shape index (κ3) is 1.86. The number of rotatable bonds is 2. The number of likely N-dealkylation sites (tertiary alicyclic amines) is 1. The van der Waals surface area contributed by atoms with Gasteiger partial charge in [-0.05, 0) is 31.6 Å². The van der Waals surface area contributed by atoms with Crippen LogP contribution in [0.25, 0.3) is 0 Å². The third-order valence-electron chi connectivity index (χ3n) is 3.54. The highest BCUT2D eigenvalue weighted by atomic mass is 16.2. The lowest BCUT2D eigenvalue weighted by molar-refractivity contribution is -0.117. The number of hydrogen-bond acceptors (Lipinski definition) is 4. The van der Waals surface area contributed by atoms with E-state index in [2.05, 4.69) is 9.88 Å². The molecule has 0 saturated carbocycles. The van der Waals surface area contributed by atoms with Crippen molar-refractivity contribution in [1.29, 1.82) is 0 Å². The first-order chi connectivity index (χ1) is 8.24. The highest BCUT2D eigenvalue weighted by Crippen LogP contribution is 2.25. The van der Waals surface area contributed by atoms with Crippen molar-refractivity contribution in [2.45, 2.75) is 18.9 Å². The molecule has 1 aromatic heterocycles. The van der Waals surface area contributed by atoms with Crippen LogP contribution < -0.4 is 10.6 Å². The van der Waals surface area contributed by atoms with Gasteiger partial charge in [0.2, 0.25) is 5.91 Å². The van der Waals surface area contributed by atoms with Gasteiger partial charge in [0, 0.05) is 19.0 Å². The van der Waals surface area contributed by atoms with E-state index in [0.29, 0.717) is 24.1 Å². The molecule has 2 aliphatic rings. The molecule has 90 valence electrons. The fourth-order valence-corrected chi connectivity index (χ4v) is 2.45. The molecule has 1 atom stereocenters. The SMILES string of the molecule is Nc1cccc(N2CC(N3CCC3)CC2=O)n1. The first-order valence-electron chi connectivity index (χ1n) is 6.01. The Kier molecular flexibility index (Phi) is 2.48. The normalized spacial score (nSPS) is 25.1. The van der Waals surface area contributed by atoms with Crippen LogP contribution in [0.1, 0.15) is 12.8 Å². The second-order valence-corrected chi connectivity index (χ2v) is 4.67. The number of carbonyl (C=O) groups excluding carboxylic acids is 1. The molecule has 3 rings (SSSR count). The molecular weight excluding hydrogens is 216 g/mol. The minimum absolute atomic E-state index is 0.153. The summed E-state index contributed by atoms with van der Waals surface area (Å²) in [5.41, 5.74) is 5.64. The molecule has 1 aromatic rings. The zero-order valence-electron chi connectivity index (χ0n) is 9.67. The summed E-state index contributed by atoms with van der Waals surface area (Å²) in [5.74, 6) is 1.29. The van der Waals surface area contributed by atoms with Gasteiger partial charge in [-0.25, -0.2) is 4.98 Å². The van der Waals surface area contributed by atoms with E-state index in [4.69, 9.17) is 5.73 Å². The van der Waals surface area contributed by atoms with Crippen LogP contribution in [0.4, 0.5) is 11.6 Å². The van der Waals surface area contributed by atoms with Crippen LogP contribution in [-0.2, 0) is 4.79 Å². The summed E-state index contributed by atoms with van der Waals surface area (Å²) in [6, 6.07) is 5.77. The molecular formula is C12H16N4O. The highest BCUT2D eigenvalue weighted by molar-refractivity contribution is 5.95. The van der Waals surface area contributed by atoms with Crippen LogP contribution in [-0.4, -0.2) is 41.5 Å². The summed E-state index contributed by atoms with van der Waals surface area (Å²) >= 11 is 0. The Morgan fingerprint density at radius 1 is 1.35 bits per heavy atom. The predicted octanol–water partition coefficient (Wildman–Crippen LogP) is 0.475. The quantitative estimate of drug-likeness (QED) is 0.805. The number of pyridine rings is 1. The van der Waals surface area contributed by atoms with Gasteiger partial charge in [-0.2, -0.15) is 0 Å². The van der Waals surface area contributed by atoms with E-state index >= 15 is 0 Å². The Bertz CT molecular complexity index is 444. The minimum Gasteiger partial charge on any atom is -0.384 e. The zero-order chi connectivity index (χ0) is 11.8. The molecule has 0 aliphatic carbocycles. The monoisotopic (exact) mass is 232 g/mol. The van der Waals surface area contributed by atoms with E-state index in [9.17, 15) is 4.79 Å². The van der Waals surface area contributed by atoms with Gasteiger partial charge >= 0.3 is 0 Å². The largest absolute Gasteiger partial charge is 0.384 e. The number of amides is 1. The van der Waals surface area contributed by atoms with E-state index in [1.165, 1.54) is 6.42 Å². The molecule has 3 heterocycles. The smallest absolute Gasteiger partial charge is 0.229 e. The molecule has 1 amide bonds. The molecule has 5 heteroatoms. The summed E-state index contributed by atoms with van der Waals surface area (Å²) in [6.45, 7) is 2.99. The highest BCUT2D eigenvalue weighted by Gasteiger charge is 2.36. The van der Waals surface area contributed by atoms with E-state index < -0.39 is 0 Å². The first kappa shape index (κ1) is 10.5. The lowest BCUT2D eigenvalue weighted by atomic mass is 10.1. The second-order valence-electron chi connectivity index (χ2n) is 4.67. The molecule has 17 heavy (non-hydrogen) atoms. The topological polar surface area (TPSA) is 62.5 Å². The maximum Gasteiger partial charge on any atom is 0.229 e. The first-order valence-corrected chi connectivity index (χ1v) is 6.01. The van der Waals surface area contributed by atoms with Crippen LogP contribution in [0.5, 0.6) is 0 Å². The lowest BCUT2D eigenvalue weighted by Gasteiger charge is -2.35. The van der Waals surface area contributed by atoms with E-state index in [-0.39, 0.29) is 5.91 Å². The average Bonchev–Trinajstić information content (AvgIpc) is 2.57. The molecule has 2 saturated heterocycles. The Morgan fingerprint density at radius 3 is 2.82 bits per heavy atom. The molecule has 2 aliphatic heterocycles. The van der Waals surface area contributed by atoms with E-state index in [1.54, 1.807) is 11.0 Å². The van der Waals surface area contributed by atoms with Crippen LogP contribution in [0.2, 0.25) is 0 Å². The number of nitrogens with two attached hydrogens (primary N) is 1. The predicted molar refractivity (Wildman–Crippen MR) is 65.6 cm³/mol. The number of aromatic nitrogens is 1. The van der Waals surface area contributed by atoms with Crippen molar-refractivity contribution < 1.29 is 4.79 Å². The molecule has 0 spiro atoms. The van der Waals surface area contributed by atoms with Crippen LogP contribution in [0, 0.1) is 0 Å². The minimum atomic E-state index is 0.153. The van der Waals surface area contributed by atoms with Gasteiger partial charge in [0.15, 0.2) is 0 Å². The molecule has 5 nitrogen and oxygen atoms in total. The summed E-state index contributed by atoms with van der Waals surface area (Å²) in [7, 11) is 0. The lowest BCUT2D eigenvalue weighted by Crippen LogP contribution is -2.46. The molecule has 0 bridgehead atoms. The van der Waals surface area contributed by atoms with E-state index in [0.717, 1.165) is 19.6 Å². The summed E-state index contributed by atoms with van der Waals surface area (Å²) in [6.07, 6.45) is 1.86. The number of carbonyl (C=O) groups is 1. The summed E-state index contributed by atoms with van der Waals surface area (Å²) < 4.78 is 0. The Morgan fingerprint density at radius 2 is 2.18 bits per heavy atom. The Labute approximate surface area is 100 Å². The molecule has 2 fully saturated rings. The van der Waals surface area contributed by atoms with Crippen molar-refractivity contribution in [1.82, 2.24) is 9.88 Å². The van der Waals surface area contributed by atoms with Crippen molar-refractivity contribution in [3.05, 3.63) is 18.2 Å². The molecule has 0 radical (unpaired) electrons. The maximum atomic E-state index is 12.0. The summed E-state index contributed by atoms with van der Waals surface area (Å²) in [5, 5.41) is 0. The van der Waals surface area contributed by atoms with Gasteiger partial charge in [0.25, 0.3) is 0 Å². The van der Waals surface area contributed by atoms with Gasteiger partial charge in [0.1, 0.15) is 11.6 Å². The van der Waals surface area contributed by atoms with Gasteiger partial charge < -0.3 is 5.73 Å². The molecule has 2 N–H and O–H groups in total. The third-order valence-corrected chi connectivity index (χ3v) is 3.54. The summed E-state index contributed by atoms with van der Waals surface area (Å²) in [4.78, 5) is 20.3. The van der Waals surface area contributed by atoms with Crippen molar-refractivity contribution in [3.63, 3.8) is 0 Å². The Hall–Kier alpha value is -1.62. The van der Waals surface area contributed by atoms with Gasteiger partial charge in [0.05, 0.1) is 0 Å². The number of nitrogens with zero attached hydrogens (tertiary/aromatic N) is 3. The van der Waals surface area contributed by atoms with Crippen molar-refractivity contribution >= 4 is 17.5 Å². The average molecular weight is 232 g/mol. The van der Waals surface area contributed by atoms with Crippen LogP contribution in [0.15, 0.2) is 18.2 Å². The molecule has 0 aromatic carbocycles.